The molecule has 10 heavy (non-hydrogen) atoms. The maximum Gasteiger partial charge on any atom is 1.00 e. The monoisotopic (exact) mass is 222 g/mol. The van der Waals surface area contributed by atoms with Gasteiger partial charge in [0.1, 0.15) is 0 Å². The van der Waals surface area contributed by atoms with Gasteiger partial charge in [0.25, 0.3) is 0 Å². The highest BCUT2D eigenvalue weighted by atomic mass is 79.9. The van der Waals surface area contributed by atoms with Crippen molar-refractivity contribution in [3.05, 3.63) is 28.7 Å². The van der Waals surface area contributed by atoms with Crippen molar-refractivity contribution in [3.63, 3.8) is 0 Å². The lowest BCUT2D eigenvalue weighted by atomic mass is 10.3. The number of anilines is 1. The van der Waals surface area contributed by atoms with Crippen LogP contribution in [0.3, 0.4) is 0 Å². The lowest BCUT2D eigenvalue weighted by Gasteiger charge is -1.97. The maximum absolute atomic E-state index is 5.15. The van der Waals surface area contributed by atoms with E-state index in [0.29, 0.717) is 0 Å². The first-order valence-electron chi connectivity index (χ1n) is 2.55. The molecule has 0 atom stereocenters. The van der Waals surface area contributed by atoms with Crippen molar-refractivity contribution < 1.29 is 13.8 Å². The molecule has 0 aromatic heterocycles. The van der Waals surface area contributed by atoms with Crippen LogP contribution >= 0.6 is 15.9 Å². The van der Waals surface area contributed by atoms with Gasteiger partial charge in [0.05, 0.1) is 0 Å². The fraction of sp³-hybridized carbons (Fsp3) is 0. The molecule has 1 rings (SSSR count). The van der Waals surface area contributed by atoms with Crippen molar-refractivity contribution in [1.82, 2.24) is 0 Å². The van der Waals surface area contributed by atoms with Crippen molar-refractivity contribution in [2.24, 2.45) is 5.84 Å². The number of nitrogens with one attached hydrogen (secondary N) is 1. The normalized spacial score (nSPS) is 8.20. The summed E-state index contributed by atoms with van der Waals surface area (Å²) < 4.78 is 1.03. The average molecular weight is 224 g/mol. The summed E-state index contributed by atoms with van der Waals surface area (Å²) in [5, 5.41) is 0. The molecule has 3 N–H and O–H groups in total. The zero-order valence-corrected chi connectivity index (χ0v) is 7.48. The molecule has 56 valence electrons. The Morgan fingerprint density at radius 1 is 1.50 bits per heavy atom. The molecular formula is C6H8BrClN2. The number of hydrazine groups is 1. The van der Waals surface area contributed by atoms with Crippen LogP contribution in [0.25, 0.3) is 0 Å². The van der Waals surface area contributed by atoms with Gasteiger partial charge in [0, 0.05) is 10.2 Å². The van der Waals surface area contributed by atoms with Crippen molar-refractivity contribution in [2.75, 3.05) is 5.43 Å². The second-order valence-electron chi connectivity index (χ2n) is 1.65. The minimum Gasteiger partial charge on any atom is -1.00 e. The van der Waals surface area contributed by atoms with E-state index in [9.17, 15) is 0 Å². The summed E-state index contributed by atoms with van der Waals surface area (Å²) >= 11 is 3.31. The fourth-order valence-corrected chi connectivity index (χ4v) is 0.978. The molecular weight excluding hydrogens is 215 g/mol. The molecule has 0 radical (unpaired) electrons. The highest BCUT2D eigenvalue weighted by molar-refractivity contribution is 9.10. The number of nitrogens with two attached hydrogens (primary N) is 1. The molecule has 0 spiro atoms. The van der Waals surface area contributed by atoms with Gasteiger partial charge in [-0.15, -0.1) is 0 Å². The summed E-state index contributed by atoms with van der Waals surface area (Å²) in [5.41, 5.74) is 3.44. The number of halogens is 2. The maximum atomic E-state index is 5.15. The smallest absolute Gasteiger partial charge is 1.00 e. The summed E-state index contributed by atoms with van der Waals surface area (Å²) in [7, 11) is 0. The molecule has 0 heterocycles. The van der Waals surface area contributed by atoms with Crippen molar-refractivity contribution in [1.29, 1.82) is 0 Å². The molecule has 0 fully saturated rings. The van der Waals surface area contributed by atoms with Gasteiger partial charge >= 0.3 is 1.43 Å². The second kappa shape index (κ2) is 4.55. The predicted molar refractivity (Wildman–Crippen MR) is 43.1 cm³/mol. The van der Waals surface area contributed by atoms with E-state index in [1.807, 2.05) is 24.3 Å². The van der Waals surface area contributed by atoms with Crippen LogP contribution in [-0.4, -0.2) is 0 Å². The fourth-order valence-electron chi connectivity index (χ4n) is 0.578. The highest BCUT2D eigenvalue weighted by Gasteiger charge is 1.86. The molecule has 2 nitrogen and oxygen atoms in total. The van der Waals surface area contributed by atoms with Crippen LogP contribution in [0.2, 0.25) is 0 Å². The van der Waals surface area contributed by atoms with Crippen LogP contribution < -0.4 is 23.7 Å². The molecule has 0 aliphatic rings. The summed E-state index contributed by atoms with van der Waals surface area (Å²) in [6.45, 7) is 0. The van der Waals surface area contributed by atoms with Crippen molar-refractivity contribution >= 4 is 21.6 Å². The zero-order valence-electron chi connectivity index (χ0n) is 6.14. The Morgan fingerprint density at radius 3 is 2.60 bits per heavy atom. The molecule has 1 aromatic carbocycles. The Hall–Kier alpha value is -0.250. The van der Waals surface area contributed by atoms with Crippen LogP contribution in [-0.2, 0) is 0 Å². The van der Waals surface area contributed by atoms with Crippen LogP contribution in [0.5, 0.6) is 0 Å². The third-order valence-corrected chi connectivity index (χ3v) is 1.48. The van der Waals surface area contributed by atoms with Gasteiger partial charge in [-0.25, -0.2) is 0 Å². The van der Waals surface area contributed by atoms with Gasteiger partial charge in [0.2, 0.25) is 0 Å². The SMILES string of the molecule is NNc1cccc(Br)c1.[Cl-].[H+]. The van der Waals surface area contributed by atoms with E-state index in [0.717, 1.165) is 10.2 Å². The van der Waals surface area contributed by atoms with E-state index in [-0.39, 0.29) is 13.8 Å². The average Bonchev–Trinajstić information content (AvgIpc) is 1.88. The third-order valence-electron chi connectivity index (χ3n) is 0.991. The van der Waals surface area contributed by atoms with Crippen molar-refractivity contribution in [3.8, 4) is 0 Å². The number of hydrogen-bond donors (Lipinski definition) is 2. The summed E-state index contributed by atoms with van der Waals surface area (Å²) in [4.78, 5) is 0. The Kier molecular flexibility index (Phi) is 4.43. The molecule has 0 aliphatic heterocycles. The summed E-state index contributed by atoms with van der Waals surface area (Å²) in [6, 6.07) is 7.66. The van der Waals surface area contributed by atoms with Crippen LogP contribution in [0.15, 0.2) is 28.7 Å². The lowest BCUT2D eigenvalue weighted by Crippen LogP contribution is -3.00. The minimum absolute atomic E-state index is 0. The van der Waals surface area contributed by atoms with E-state index in [1.54, 1.807) is 0 Å². The van der Waals surface area contributed by atoms with E-state index in [1.165, 1.54) is 0 Å². The second-order valence-corrected chi connectivity index (χ2v) is 2.57. The van der Waals surface area contributed by atoms with Gasteiger partial charge < -0.3 is 17.8 Å². The topological polar surface area (TPSA) is 38.0 Å². The molecule has 0 saturated heterocycles. The quantitative estimate of drug-likeness (QED) is 0.466. The molecule has 1 aromatic rings. The predicted octanol–water partition coefficient (Wildman–Crippen LogP) is -1.15. The Morgan fingerprint density at radius 2 is 2.20 bits per heavy atom. The molecule has 0 amide bonds. The largest absolute Gasteiger partial charge is 1.00 e. The minimum atomic E-state index is 0. The highest BCUT2D eigenvalue weighted by Crippen LogP contribution is 2.13. The van der Waals surface area contributed by atoms with E-state index < -0.39 is 0 Å². The van der Waals surface area contributed by atoms with Crippen LogP contribution in [0.1, 0.15) is 1.43 Å². The summed E-state index contributed by atoms with van der Waals surface area (Å²) in [5.74, 6) is 5.15. The molecule has 0 aliphatic carbocycles. The van der Waals surface area contributed by atoms with Gasteiger partial charge in [-0.3, -0.25) is 5.84 Å². The van der Waals surface area contributed by atoms with Gasteiger partial charge in [0.15, 0.2) is 0 Å². The zero-order chi connectivity index (χ0) is 6.69. The van der Waals surface area contributed by atoms with Gasteiger partial charge in [-0.1, -0.05) is 22.0 Å². The molecule has 4 heteroatoms. The Labute approximate surface area is 75.8 Å². The Bertz CT molecular complexity index is 210. The van der Waals surface area contributed by atoms with E-state index >= 15 is 0 Å². The van der Waals surface area contributed by atoms with Gasteiger partial charge in [-0.05, 0) is 18.2 Å². The van der Waals surface area contributed by atoms with Crippen LogP contribution in [0, 0.1) is 0 Å². The van der Waals surface area contributed by atoms with Gasteiger partial charge in [-0.2, -0.15) is 0 Å². The standard InChI is InChI=1S/C6H7BrN2.ClH/c7-5-2-1-3-6(4-5)9-8;/h1-4,9H,8H2;1H. The first-order valence-corrected chi connectivity index (χ1v) is 3.34. The molecule has 0 saturated carbocycles. The van der Waals surface area contributed by atoms with Crippen molar-refractivity contribution in [2.45, 2.75) is 0 Å². The number of benzene rings is 1. The third kappa shape index (κ3) is 2.56. The molecule has 0 unspecified atom stereocenters. The Balaban J connectivity index is 0. The van der Waals surface area contributed by atoms with Crippen LogP contribution in [0.4, 0.5) is 5.69 Å². The first-order chi connectivity index (χ1) is 4.33. The summed E-state index contributed by atoms with van der Waals surface area (Å²) in [6.07, 6.45) is 0. The molecule has 0 bridgehead atoms. The van der Waals surface area contributed by atoms with E-state index in [4.69, 9.17) is 5.84 Å². The number of rotatable bonds is 1. The number of hydrogen-bond acceptors (Lipinski definition) is 2. The van der Waals surface area contributed by atoms with E-state index in [2.05, 4.69) is 21.4 Å². The first kappa shape index (κ1) is 9.75. The lowest BCUT2D eigenvalue weighted by molar-refractivity contribution is -0.00000177. The number of nitrogen functional groups attached to an aromatic ring is 1.